The maximum Gasteiger partial charge on any atom is 0.223 e. The van der Waals surface area contributed by atoms with Crippen LogP contribution in [0, 0.1) is 0 Å². The zero-order chi connectivity index (χ0) is 14.7. The third-order valence-corrected chi connectivity index (χ3v) is 4.14. The Kier molecular flexibility index (Phi) is 4.29. The molecule has 2 heterocycles. The van der Waals surface area contributed by atoms with E-state index in [0.29, 0.717) is 25.4 Å². The van der Waals surface area contributed by atoms with E-state index in [9.17, 15) is 9.90 Å². The summed E-state index contributed by atoms with van der Waals surface area (Å²) in [5.74, 6) is 1.37. The summed E-state index contributed by atoms with van der Waals surface area (Å²) in [6.45, 7) is 2.74. The Labute approximate surface area is 124 Å². The van der Waals surface area contributed by atoms with E-state index in [0.717, 1.165) is 37.2 Å². The molecule has 5 heteroatoms. The molecule has 5 nitrogen and oxygen atoms in total. The minimum absolute atomic E-state index is 0.0424. The molecule has 114 valence electrons. The van der Waals surface area contributed by atoms with E-state index in [-0.39, 0.29) is 18.4 Å². The zero-order valence-electron chi connectivity index (χ0n) is 12.1. The molecule has 1 unspecified atom stereocenters. The molecule has 1 amide bonds. The lowest BCUT2D eigenvalue weighted by molar-refractivity contribution is -0.130. The highest BCUT2D eigenvalue weighted by Crippen LogP contribution is 2.34. The predicted molar refractivity (Wildman–Crippen MR) is 77.7 cm³/mol. The van der Waals surface area contributed by atoms with Gasteiger partial charge in [0.2, 0.25) is 5.91 Å². The number of fused-ring (bicyclic) bond motifs is 1. The number of carbonyl (C=O) groups excluding carboxylic acids is 1. The van der Waals surface area contributed by atoms with Crippen molar-refractivity contribution in [1.29, 1.82) is 0 Å². The monoisotopic (exact) mass is 291 g/mol. The van der Waals surface area contributed by atoms with Gasteiger partial charge in [-0.25, -0.2) is 0 Å². The zero-order valence-corrected chi connectivity index (χ0v) is 12.1. The van der Waals surface area contributed by atoms with Gasteiger partial charge in [0.15, 0.2) is 11.5 Å². The third-order valence-electron chi connectivity index (χ3n) is 4.14. The Morgan fingerprint density at radius 1 is 1.19 bits per heavy atom. The van der Waals surface area contributed by atoms with Crippen LogP contribution in [-0.2, 0) is 4.79 Å². The molecule has 1 fully saturated rings. The summed E-state index contributed by atoms with van der Waals surface area (Å²) in [6.07, 6.45) is 2.51. The van der Waals surface area contributed by atoms with Gasteiger partial charge in [-0.05, 0) is 30.5 Å². The van der Waals surface area contributed by atoms with Crippen LogP contribution in [0.2, 0.25) is 0 Å². The van der Waals surface area contributed by atoms with Crippen molar-refractivity contribution in [2.75, 3.05) is 32.9 Å². The van der Waals surface area contributed by atoms with E-state index in [4.69, 9.17) is 9.47 Å². The molecule has 1 N–H and O–H groups in total. The molecule has 1 aromatic rings. The molecular weight excluding hydrogens is 270 g/mol. The lowest BCUT2D eigenvalue weighted by Gasteiger charge is -2.22. The first-order valence-corrected chi connectivity index (χ1v) is 7.56. The van der Waals surface area contributed by atoms with Gasteiger partial charge in [0.05, 0.1) is 6.61 Å². The van der Waals surface area contributed by atoms with Crippen molar-refractivity contribution in [3.63, 3.8) is 0 Å². The molecule has 21 heavy (non-hydrogen) atoms. The molecule has 1 aromatic carbocycles. The van der Waals surface area contributed by atoms with Crippen LogP contribution in [0.3, 0.4) is 0 Å². The number of ether oxygens (including phenoxy) is 2. The summed E-state index contributed by atoms with van der Waals surface area (Å²) in [6, 6.07) is 5.64. The Balaban J connectivity index is 1.71. The lowest BCUT2D eigenvalue weighted by Crippen LogP contribution is -2.29. The summed E-state index contributed by atoms with van der Waals surface area (Å²) in [5, 5.41) is 9.63. The van der Waals surface area contributed by atoms with Crippen LogP contribution in [0.15, 0.2) is 18.2 Å². The number of aliphatic hydroxyl groups excluding tert-OH is 1. The minimum atomic E-state index is -0.186. The third kappa shape index (κ3) is 3.13. The Bertz CT molecular complexity index is 511. The average molecular weight is 291 g/mol. The van der Waals surface area contributed by atoms with Gasteiger partial charge < -0.3 is 19.5 Å². The Morgan fingerprint density at radius 3 is 2.62 bits per heavy atom. The van der Waals surface area contributed by atoms with Crippen LogP contribution in [0.5, 0.6) is 11.5 Å². The second-order valence-corrected chi connectivity index (χ2v) is 5.57. The summed E-state index contributed by atoms with van der Waals surface area (Å²) in [4.78, 5) is 14.1. The fourth-order valence-electron chi connectivity index (χ4n) is 2.91. The number of carbonyl (C=O) groups is 1. The van der Waals surface area contributed by atoms with Gasteiger partial charge in [-0.15, -0.1) is 0 Å². The molecule has 0 aliphatic carbocycles. The number of rotatable bonds is 4. The van der Waals surface area contributed by atoms with E-state index in [1.165, 1.54) is 0 Å². The second kappa shape index (κ2) is 6.35. The van der Waals surface area contributed by atoms with Crippen molar-refractivity contribution in [1.82, 2.24) is 4.90 Å². The lowest BCUT2D eigenvalue weighted by atomic mass is 9.95. The number of hydrogen-bond acceptors (Lipinski definition) is 4. The highest BCUT2D eigenvalue weighted by molar-refractivity contribution is 5.77. The van der Waals surface area contributed by atoms with Crippen LogP contribution < -0.4 is 9.47 Å². The van der Waals surface area contributed by atoms with Crippen LogP contribution in [0.4, 0.5) is 0 Å². The number of hydrogen-bond donors (Lipinski definition) is 1. The van der Waals surface area contributed by atoms with E-state index < -0.39 is 0 Å². The molecule has 1 saturated heterocycles. The van der Waals surface area contributed by atoms with Gasteiger partial charge in [-0.3, -0.25) is 4.79 Å². The van der Waals surface area contributed by atoms with Gasteiger partial charge in [0.25, 0.3) is 0 Å². The smallest absolute Gasteiger partial charge is 0.223 e. The SMILES string of the molecule is O=C(CC(CO)c1ccc2c(c1)OCCO2)N1CCCC1. The summed E-state index contributed by atoms with van der Waals surface area (Å²) in [7, 11) is 0. The highest BCUT2D eigenvalue weighted by Gasteiger charge is 2.23. The number of likely N-dealkylation sites (tertiary alicyclic amines) is 1. The second-order valence-electron chi connectivity index (χ2n) is 5.57. The molecule has 0 radical (unpaired) electrons. The quantitative estimate of drug-likeness (QED) is 0.914. The Hall–Kier alpha value is -1.75. The molecule has 2 aliphatic rings. The summed E-state index contributed by atoms with van der Waals surface area (Å²) < 4.78 is 11.1. The van der Waals surface area contributed by atoms with Crippen molar-refractivity contribution >= 4 is 5.91 Å². The minimum Gasteiger partial charge on any atom is -0.486 e. The van der Waals surface area contributed by atoms with Crippen molar-refractivity contribution in [2.45, 2.75) is 25.2 Å². The fourth-order valence-corrected chi connectivity index (χ4v) is 2.91. The molecule has 0 bridgehead atoms. The van der Waals surface area contributed by atoms with Crippen LogP contribution >= 0.6 is 0 Å². The van der Waals surface area contributed by atoms with Gasteiger partial charge in [0, 0.05) is 25.4 Å². The number of benzene rings is 1. The topological polar surface area (TPSA) is 59.0 Å². The van der Waals surface area contributed by atoms with Crippen molar-refractivity contribution in [3.8, 4) is 11.5 Å². The first-order valence-electron chi connectivity index (χ1n) is 7.56. The van der Waals surface area contributed by atoms with E-state index in [2.05, 4.69) is 0 Å². The number of amides is 1. The maximum atomic E-state index is 12.2. The van der Waals surface area contributed by atoms with Crippen molar-refractivity contribution in [2.24, 2.45) is 0 Å². The number of aliphatic hydroxyl groups is 1. The standard InChI is InChI=1S/C16H21NO4/c18-11-13(10-16(19)17-5-1-2-6-17)12-3-4-14-15(9-12)21-8-7-20-14/h3-4,9,13,18H,1-2,5-8,10-11H2. The molecule has 2 aliphatic heterocycles. The van der Waals surface area contributed by atoms with E-state index in [1.54, 1.807) is 0 Å². The fraction of sp³-hybridized carbons (Fsp3) is 0.562. The van der Waals surface area contributed by atoms with Gasteiger partial charge in [-0.2, -0.15) is 0 Å². The predicted octanol–water partition coefficient (Wildman–Crippen LogP) is 1.55. The molecule has 0 spiro atoms. The van der Waals surface area contributed by atoms with Gasteiger partial charge >= 0.3 is 0 Å². The van der Waals surface area contributed by atoms with E-state index >= 15 is 0 Å². The summed E-state index contributed by atoms with van der Waals surface area (Å²) >= 11 is 0. The maximum absolute atomic E-state index is 12.2. The van der Waals surface area contributed by atoms with Crippen molar-refractivity contribution < 1.29 is 19.4 Å². The first-order chi connectivity index (χ1) is 10.3. The molecular formula is C16H21NO4. The molecule has 1 atom stereocenters. The van der Waals surface area contributed by atoms with Gasteiger partial charge in [-0.1, -0.05) is 6.07 Å². The molecule has 0 saturated carbocycles. The van der Waals surface area contributed by atoms with Crippen LogP contribution in [0.25, 0.3) is 0 Å². The summed E-state index contributed by atoms with van der Waals surface area (Å²) in [5.41, 5.74) is 0.925. The Morgan fingerprint density at radius 2 is 1.90 bits per heavy atom. The van der Waals surface area contributed by atoms with Crippen molar-refractivity contribution in [3.05, 3.63) is 23.8 Å². The highest BCUT2D eigenvalue weighted by atomic mass is 16.6. The first kappa shape index (κ1) is 14.2. The largest absolute Gasteiger partial charge is 0.486 e. The van der Waals surface area contributed by atoms with E-state index in [1.807, 2.05) is 23.1 Å². The molecule has 0 aromatic heterocycles. The van der Waals surface area contributed by atoms with Crippen LogP contribution in [-0.4, -0.2) is 48.8 Å². The van der Waals surface area contributed by atoms with Crippen LogP contribution in [0.1, 0.15) is 30.7 Å². The average Bonchev–Trinajstić information content (AvgIpc) is 3.06. The van der Waals surface area contributed by atoms with Gasteiger partial charge in [0.1, 0.15) is 13.2 Å². The molecule has 3 rings (SSSR count). The number of nitrogens with zero attached hydrogens (tertiary/aromatic N) is 1. The normalized spacial score (nSPS) is 18.6.